The number of primary amides is 1. The largest absolute Gasteiger partial charge is 0.493 e. The molecule has 0 fully saturated rings. The van der Waals surface area contributed by atoms with Crippen molar-refractivity contribution in [3.63, 3.8) is 0 Å². The van der Waals surface area contributed by atoms with E-state index in [2.05, 4.69) is 10.3 Å². The smallest absolute Gasteiger partial charge is 0.326 e. The monoisotopic (exact) mass is 348 g/mol. The van der Waals surface area contributed by atoms with E-state index >= 15 is 0 Å². The zero-order valence-corrected chi connectivity index (χ0v) is 14.0. The molecule has 1 unspecified atom stereocenters. The minimum Gasteiger partial charge on any atom is -0.493 e. The van der Waals surface area contributed by atoms with Gasteiger partial charge in [-0.15, -0.1) is 0 Å². The fraction of sp³-hybridized carbons (Fsp3) is 0.375. The van der Waals surface area contributed by atoms with Crippen LogP contribution in [0.4, 0.5) is 0 Å². The van der Waals surface area contributed by atoms with Gasteiger partial charge in [-0.1, -0.05) is 6.92 Å². The molecule has 0 saturated heterocycles. The second-order valence-electron chi connectivity index (χ2n) is 5.40. The van der Waals surface area contributed by atoms with Crippen LogP contribution in [0.3, 0.4) is 0 Å². The molecular weight excluding hydrogens is 328 g/mol. The second-order valence-corrected chi connectivity index (χ2v) is 5.40. The average Bonchev–Trinajstić information content (AvgIpc) is 2.96. The molecule has 2 aromatic rings. The van der Waals surface area contributed by atoms with Gasteiger partial charge in [0.1, 0.15) is 11.7 Å². The number of rotatable bonds is 8. The van der Waals surface area contributed by atoms with Gasteiger partial charge in [0.2, 0.25) is 5.91 Å². The fourth-order valence-electron chi connectivity index (χ4n) is 2.51. The Hall–Kier alpha value is -3.10. The van der Waals surface area contributed by atoms with Gasteiger partial charge in [0, 0.05) is 12.6 Å². The Morgan fingerprint density at radius 2 is 2.16 bits per heavy atom. The lowest BCUT2D eigenvalue weighted by molar-refractivity contribution is -0.139. The van der Waals surface area contributed by atoms with Gasteiger partial charge in [0.15, 0.2) is 11.4 Å². The maximum absolute atomic E-state index is 12.7. The number of methoxy groups -OCH3 is 1. The summed E-state index contributed by atoms with van der Waals surface area (Å²) in [5.74, 6) is -1.96. The highest BCUT2D eigenvalue weighted by Gasteiger charge is 2.25. The molecule has 0 aliphatic heterocycles. The van der Waals surface area contributed by atoms with Crippen molar-refractivity contribution in [3.05, 3.63) is 29.7 Å². The van der Waals surface area contributed by atoms with Crippen molar-refractivity contribution in [2.45, 2.75) is 32.2 Å². The van der Waals surface area contributed by atoms with Crippen molar-refractivity contribution in [1.29, 1.82) is 0 Å². The number of carbonyl (C=O) groups is 3. The van der Waals surface area contributed by atoms with E-state index in [1.54, 1.807) is 22.7 Å². The van der Waals surface area contributed by atoms with E-state index in [1.807, 2.05) is 6.92 Å². The minimum absolute atomic E-state index is 0.0854. The highest BCUT2D eigenvalue weighted by atomic mass is 16.5. The number of carboxylic acids is 1. The number of carbonyl (C=O) groups excluding carboxylic acids is 2. The first kappa shape index (κ1) is 18.2. The van der Waals surface area contributed by atoms with Gasteiger partial charge in [-0.2, -0.15) is 0 Å². The number of fused-ring (bicyclic) bond motifs is 1. The average molecular weight is 348 g/mol. The van der Waals surface area contributed by atoms with Crippen LogP contribution in [-0.4, -0.2) is 45.4 Å². The number of carboxylic acid groups (broad SMARTS) is 1. The lowest BCUT2D eigenvalue weighted by Crippen LogP contribution is -2.42. The molecule has 2 rings (SSSR count). The molecule has 0 aliphatic rings. The molecule has 9 nitrogen and oxygen atoms in total. The summed E-state index contributed by atoms with van der Waals surface area (Å²) in [7, 11) is 1.50. The van der Waals surface area contributed by atoms with E-state index < -0.39 is 23.8 Å². The summed E-state index contributed by atoms with van der Waals surface area (Å²) in [6.45, 7) is 1.84. The SMILES string of the molecule is CCc1nc2c(OC)cccn2c1C(=O)NC(CCC(N)=O)C(=O)O. The minimum atomic E-state index is -1.24. The van der Waals surface area contributed by atoms with Crippen molar-refractivity contribution in [2.75, 3.05) is 7.11 Å². The molecule has 0 aromatic carbocycles. The number of nitrogens with zero attached hydrogens (tertiary/aromatic N) is 2. The van der Waals surface area contributed by atoms with E-state index in [0.717, 1.165) is 0 Å². The summed E-state index contributed by atoms with van der Waals surface area (Å²) in [6.07, 6.45) is 1.90. The fourth-order valence-corrected chi connectivity index (χ4v) is 2.51. The van der Waals surface area contributed by atoms with Crippen molar-refractivity contribution in [3.8, 4) is 5.75 Å². The predicted octanol–water partition coefficient (Wildman–Crippen LogP) is 0.354. The maximum Gasteiger partial charge on any atom is 0.326 e. The number of pyridine rings is 1. The highest BCUT2D eigenvalue weighted by molar-refractivity contribution is 5.97. The summed E-state index contributed by atoms with van der Waals surface area (Å²) < 4.78 is 6.80. The number of nitrogens with one attached hydrogen (secondary N) is 1. The van der Waals surface area contributed by atoms with Gasteiger partial charge >= 0.3 is 5.97 Å². The quantitative estimate of drug-likeness (QED) is 0.630. The Bertz CT molecular complexity index is 814. The van der Waals surface area contributed by atoms with Gasteiger partial charge in [0.25, 0.3) is 5.91 Å². The zero-order valence-electron chi connectivity index (χ0n) is 14.0. The van der Waals surface area contributed by atoms with Gasteiger partial charge in [-0.05, 0) is 25.0 Å². The van der Waals surface area contributed by atoms with Crippen LogP contribution in [0, 0.1) is 0 Å². The van der Waals surface area contributed by atoms with Crippen LogP contribution in [0.15, 0.2) is 18.3 Å². The van der Waals surface area contributed by atoms with E-state index in [9.17, 15) is 19.5 Å². The Balaban J connectivity index is 2.37. The van der Waals surface area contributed by atoms with E-state index in [4.69, 9.17) is 10.5 Å². The van der Waals surface area contributed by atoms with E-state index in [0.29, 0.717) is 23.5 Å². The Labute approximate surface area is 143 Å². The van der Waals surface area contributed by atoms with Crippen LogP contribution in [0.1, 0.15) is 35.9 Å². The first-order valence-corrected chi connectivity index (χ1v) is 7.74. The third-order valence-electron chi connectivity index (χ3n) is 3.74. The highest BCUT2D eigenvalue weighted by Crippen LogP contribution is 2.22. The molecule has 0 bridgehead atoms. The van der Waals surface area contributed by atoms with Crippen LogP contribution in [0.2, 0.25) is 0 Å². The van der Waals surface area contributed by atoms with Crippen LogP contribution >= 0.6 is 0 Å². The van der Waals surface area contributed by atoms with Gasteiger partial charge in [-0.25, -0.2) is 9.78 Å². The van der Waals surface area contributed by atoms with Crippen molar-refractivity contribution < 1.29 is 24.2 Å². The van der Waals surface area contributed by atoms with Crippen molar-refractivity contribution >= 4 is 23.4 Å². The second kappa shape index (κ2) is 7.65. The summed E-state index contributed by atoms with van der Waals surface area (Å²) in [5, 5.41) is 11.7. The van der Waals surface area contributed by atoms with Crippen LogP contribution < -0.4 is 15.8 Å². The van der Waals surface area contributed by atoms with Crippen LogP contribution in [0.5, 0.6) is 5.75 Å². The maximum atomic E-state index is 12.7. The molecule has 2 aromatic heterocycles. The van der Waals surface area contributed by atoms with Crippen molar-refractivity contribution in [1.82, 2.24) is 14.7 Å². The number of imidazole rings is 1. The number of aryl methyl sites for hydroxylation is 1. The molecule has 134 valence electrons. The third kappa shape index (κ3) is 3.87. The molecule has 25 heavy (non-hydrogen) atoms. The number of hydrogen-bond donors (Lipinski definition) is 3. The summed E-state index contributed by atoms with van der Waals surface area (Å²) in [4.78, 5) is 39.3. The van der Waals surface area contributed by atoms with Gasteiger partial charge in [-0.3, -0.25) is 14.0 Å². The first-order valence-electron chi connectivity index (χ1n) is 7.74. The molecule has 2 amide bonds. The van der Waals surface area contributed by atoms with Crippen LogP contribution in [-0.2, 0) is 16.0 Å². The molecule has 2 heterocycles. The van der Waals surface area contributed by atoms with Crippen LogP contribution in [0.25, 0.3) is 5.65 Å². The number of aliphatic carboxylic acids is 1. The van der Waals surface area contributed by atoms with E-state index in [1.165, 1.54) is 7.11 Å². The number of aromatic nitrogens is 2. The molecule has 4 N–H and O–H groups in total. The summed E-state index contributed by atoms with van der Waals surface area (Å²) >= 11 is 0. The summed E-state index contributed by atoms with van der Waals surface area (Å²) in [6, 6.07) is 2.20. The standard InChI is InChI=1S/C16H20N4O5/c1-3-9-13(20-8-4-5-11(25-2)14(20)18-9)15(22)19-10(16(23)24)6-7-12(17)21/h4-5,8,10H,3,6-7H2,1-2H3,(H2,17,21)(H,19,22)(H,23,24). The molecule has 9 heteroatoms. The van der Waals surface area contributed by atoms with Crippen molar-refractivity contribution in [2.24, 2.45) is 5.73 Å². The molecule has 0 spiro atoms. The number of nitrogens with two attached hydrogens (primary N) is 1. The molecule has 1 atom stereocenters. The third-order valence-corrected chi connectivity index (χ3v) is 3.74. The van der Waals surface area contributed by atoms with E-state index in [-0.39, 0.29) is 18.5 Å². The Morgan fingerprint density at radius 3 is 2.72 bits per heavy atom. The normalized spacial score (nSPS) is 11.9. The topological polar surface area (TPSA) is 136 Å². The lowest BCUT2D eigenvalue weighted by atomic mass is 10.1. The molecule has 0 aliphatic carbocycles. The number of hydrogen-bond acceptors (Lipinski definition) is 5. The summed E-state index contributed by atoms with van der Waals surface area (Å²) in [5.41, 5.74) is 6.27. The predicted molar refractivity (Wildman–Crippen MR) is 88.4 cm³/mol. The Morgan fingerprint density at radius 1 is 1.44 bits per heavy atom. The zero-order chi connectivity index (χ0) is 18.6. The molecule has 0 radical (unpaired) electrons. The van der Waals surface area contributed by atoms with Gasteiger partial charge < -0.3 is 20.9 Å². The number of amides is 2. The number of ether oxygens (including phenoxy) is 1. The lowest BCUT2D eigenvalue weighted by Gasteiger charge is -2.14. The Kier molecular flexibility index (Phi) is 5.58. The molecular formula is C16H20N4O5. The molecule has 0 saturated carbocycles. The first-order chi connectivity index (χ1) is 11.9. The van der Waals surface area contributed by atoms with Gasteiger partial charge in [0.05, 0.1) is 12.8 Å².